The van der Waals surface area contributed by atoms with Gasteiger partial charge in [-0.25, -0.2) is 9.29 Å². The summed E-state index contributed by atoms with van der Waals surface area (Å²) in [6.07, 6.45) is 0. The molecule has 4 aromatic rings. The van der Waals surface area contributed by atoms with Gasteiger partial charge in [-0.3, -0.25) is 9.59 Å². The number of imide groups is 1. The molecule has 0 aromatic heterocycles. The first-order valence-electron chi connectivity index (χ1n) is 10.8. The van der Waals surface area contributed by atoms with Crippen LogP contribution in [0.1, 0.15) is 37.4 Å². The third-order valence-electron chi connectivity index (χ3n) is 6.52. The smallest absolute Gasteiger partial charge is 0.268 e. The zero-order valence-corrected chi connectivity index (χ0v) is 18.6. The number of amides is 2. The number of fused-ring (bicyclic) bond motifs is 1. The maximum absolute atomic E-state index is 15.1. The van der Waals surface area contributed by atoms with E-state index in [1.165, 1.54) is 0 Å². The van der Waals surface area contributed by atoms with Crippen molar-refractivity contribution in [2.24, 2.45) is 0 Å². The van der Waals surface area contributed by atoms with Gasteiger partial charge in [0.1, 0.15) is 5.82 Å². The minimum absolute atomic E-state index is 0.132. The number of hydrogen-bond acceptors (Lipinski definition) is 2. The lowest BCUT2D eigenvalue weighted by molar-refractivity contribution is 0.0925. The Morgan fingerprint density at radius 1 is 0.576 bits per heavy atom. The molecule has 0 radical (unpaired) electrons. The van der Waals surface area contributed by atoms with E-state index in [-0.39, 0.29) is 11.1 Å². The van der Waals surface area contributed by atoms with Gasteiger partial charge in [0.2, 0.25) is 0 Å². The Hall–Kier alpha value is -4.05. The van der Waals surface area contributed by atoms with Crippen molar-refractivity contribution in [1.82, 2.24) is 0 Å². The maximum Gasteiger partial charge on any atom is 0.269 e. The molecule has 1 aliphatic heterocycles. The van der Waals surface area contributed by atoms with Crippen molar-refractivity contribution in [1.29, 1.82) is 0 Å². The summed E-state index contributed by atoms with van der Waals surface area (Å²) in [5, 5.41) is 0. The summed E-state index contributed by atoms with van der Waals surface area (Å²) in [7, 11) is 0. The molecule has 33 heavy (non-hydrogen) atoms. The minimum Gasteiger partial charge on any atom is -0.268 e. The van der Waals surface area contributed by atoms with E-state index >= 15 is 4.39 Å². The van der Waals surface area contributed by atoms with Gasteiger partial charge in [0.25, 0.3) is 11.8 Å². The van der Waals surface area contributed by atoms with E-state index in [2.05, 4.69) is 0 Å². The molecule has 5 rings (SSSR count). The first kappa shape index (κ1) is 20.8. The van der Waals surface area contributed by atoms with Crippen molar-refractivity contribution < 1.29 is 14.0 Å². The second kappa shape index (κ2) is 7.82. The van der Waals surface area contributed by atoms with E-state index in [9.17, 15) is 9.59 Å². The lowest BCUT2D eigenvalue weighted by atomic mass is 9.94. The van der Waals surface area contributed by atoms with Gasteiger partial charge in [-0.2, -0.15) is 0 Å². The molecule has 1 aliphatic rings. The number of nitrogens with zero attached hydrogens (tertiary/aromatic N) is 1. The molecule has 0 atom stereocenters. The van der Waals surface area contributed by atoms with Gasteiger partial charge in [-0.05, 0) is 77.9 Å². The van der Waals surface area contributed by atoms with E-state index in [0.717, 1.165) is 27.2 Å². The molecule has 0 spiro atoms. The van der Waals surface area contributed by atoms with Crippen LogP contribution >= 0.6 is 0 Å². The number of rotatable bonds is 3. The molecule has 4 heteroatoms. The van der Waals surface area contributed by atoms with Crippen molar-refractivity contribution >= 4 is 17.5 Å². The fraction of sp³-hybridized carbons (Fsp3) is 0.103. The molecule has 1 heterocycles. The summed E-state index contributed by atoms with van der Waals surface area (Å²) in [5.74, 6) is -1.72. The highest BCUT2D eigenvalue weighted by atomic mass is 19.1. The summed E-state index contributed by atoms with van der Waals surface area (Å²) < 4.78 is 15.1. The number of carbonyl (C=O) groups is 2. The molecule has 2 amide bonds. The van der Waals surface area contributed by atoms with Crippen LogP contribution in [0.3, 0.4) is 0 Å². The van der Waals surface area contributed by atoms with Crippen LogP contribution in [0.15, 0.2) is 78.9 Å². The monoisotopic (exact) mass is 435 g/mol. The van der Waals surface area contributed by atoms with Crippen molar-refractivity contribution in [3.05, 3.63) is 112 Å². The Labute approximate surface area is 192 Å². The molecule has 0 aliphatic carbocycles. The summed E-state index contributed by atoms with van der Waals surface area (Å²) >= 11 is 0. The molecule has 0 saturated carbocycles. The van der Waals surface area contributed by atoms with Crippen LogP contribution in [0, 0.1) is 26.6 Å². The number of halogens is 1. The van der Waals surface area contributed by atoms with E-state index in [1.807, 2.05) is 78.9 Å². The lowest BCUT2D eigenvalue weighted by Crippen LogP contribution is -2.29. The number of carbonyl (C=O) groups excluding carboxylic acids is 2. The first-order chi connectivity index (χ1) is 15.9. The summed E-state index contributed by atoms with van der Waals surface area (Å²) in [6.45, 7) is 5.19. The predicted octanol–water partition coefficient (Wildman–Crippen LogP) is 6.89. The van der Waals surface area contributed by atoms with Gasteiger partial charge in [0.05, 0.1) is 16.8 Å². The topological polar surface area (TPSA) is 37.4 Å². The van der Waals surface area contributed by atoms with E-state index < -0.39 is 17.6 Å². The Morgan fingerprint density at radius 2 is 1.06 bits per heavy atom. The van der Waals surface area contributed by atoms with Crippen LogP contribution < -0.4 is 4.90 Å². The molecule has 0 unspecified atom stereocenters. The Bertz CT molecular complexity index is 1320. The van der Waals surface area contributed by atoms with Gasteiger partial charge in [0, 0.05) is 0 Å². The maximum atomic E-state index is 15.1. The van der Waals surface area contributed by atoms with Gasteiger partial charge in [-0.1, -0.05) is 60.7 Å². The molecule has 3 nitrogen and oxygen atoms in total. The number of benzene rings is 4. The number of anilines is 1. The van der Waals surface area contributed by atoms with E-state index in [1.54, 1.807) is 20.8 Å². The van der Waals surface area contributed by atoms with Crippen LogP contribution in [0.5, 0.6) is 0 Å². The quantitative estimate of drug-likeness (QED) is 0.329. The van der Waals surface area contributed by atoms with E-state index in [0.29, 0.717) is 22.4 Å². The second-order valence-corrected chi connectivity index (χ2v) is 8.39. The molecule has 4 aromatic carbocycles. The Balaban J connectivity index is 1.73. The van der Waals surface area contributed by atoms with Crippen LogP contribution in [-0.2, 0) is 0 Å². The largest absolute Gasteiger partial charge is 0.269 e. The lowest BCUT2D eigenvalue weighted by Gasteiger charge is -2.18. The normalized spacial score (nSPS) is 12.9. The van der Waals surface area contributed by atoms with Crippen LogP contribution in [0.25, 0.3) is 22.3 Å². The van der Waals surface area contributed by atoms with Crippen LogP contribution in [-0.4, -0.2) is 11.8 Å². The third-order valence-corrected chi connectivity index (χ3v) is 6.52. The molecule has 0 fully saturated rings. The zero-order chi connectivity index (χ0) is 23.3. The molecule has 0 saturated heterocycles. The molecular weight excluding hydrogens is 413 g/mol. The van der Waals surface area contributed by atoms with Gasteiger partial charge in [-0.15, -0.1) is 0 Å². The Kier molecular flexibility index (Phi) is 4.94. The first-order valence-corrected chi connectivity index (χ1v) is 10.8. The van der Waals surface area contributed by atoms with Crippen LogP contribution in [0.2, 0.25) is 0 Å². The summed E-state index contributed by atoms with van der Waals surface area (Å²) in [4.78, 5) is 28.0. The second-order valence-electron chi connectivity index (χ2n) is 8.39. The van der Waals surface area contributed by atoms with Crippen molar-refractivity contribution in [3.63, 3.8) is 0 Å². The third kappa shape index (κ3) is 3.26. The Morgan fingerprint density at radius 3 is 1.58 bits per heavy atom. The number of hydrogen-bond donors (Lipinski definition) is 0. The SMILES string of the molecule is Cc1c(C)c(F)c2c(c1C)C(=O)N(c1cc(-c3ccccc3)cc(-c3ccccc3)c1)C2=O. The van der Waals surface area contributed by atoms with Crippen molar-refractivity contribution in [2.45, 2.75) is 20.8 Å². The average Bonchev–Trinajstić information content (AvgIpc) is 3.12. The molecule has 0 bridgehead atoms. The molecule has 0 N–H and O–H groups in total. The summed E-state index contributed by atoms with van der Waals surface area (Å²) in [5.41, 5.74) is 5.85. The average molecular weight is 435 g/mol. The standard InChI is InChI=1S/C29H22FNO2/c1-17-18(2)25-26(27(30)19(17)3)29(33)31(28(25)32)24-15-22(20-10-6-4-7-11-20)14-23(16-24)21-12-8-5-9-13-21/h4-16H,1-3H3. The van der Waals surface area contributed by atoms with E-state index in [4.69, 9.17) is 0 Å². The highest BCUT2D eigenvalue weighted by molar-refractivity contribution is 6.35. The molecule has 162 valence electrons. The van der Waals surface area contributed by atoms with Gasteiger partial charge >= 0.3 is 0 Å². The van der Waals surface area contributed by atoms with Crippen molar-refractivity contribution in [2.75, 3.05) is 4.90 Å². The predicted molar refractivity (Wildman–Crippen MR) is 129 cm³/mol. The van der Waals surface area contributed by atoms with Gasteiger partial charge in [0.15, 0.2) is 0 Å². The highest BCUT2D eigenvalue weighted by Crippen LogP contribution is 2.38. The van der Waals surface area contributed by atoms with Crippen LogP contribution in [0.4, 0.5) is 10.1 Å². The van der Waals surface area contributed by atoms with Gasteiger partial charge < -0.3 is 0 Å². The highest BCUT2D eigenvalue weighted by Gasteiger charge is 2.41. The molecular formula is C29H22FNO2. The fourth-order valence-electron chi connectivity index (χ4n) is 4.47. The minimum atomic E-state index is -0.622. The zero-order valence-electron chi connectivity index (χ0n) is 18.6. The van der Waals surface area contributed by atoms with Crippen molar-refractivity contribution in [3.8, 4) is 22.3 Å². The summed E-state index contributed by atoms with van der Waals surface area (Å²) in [6, 6.07) is 25.2. The fourth-order valence-corrected chi connectivity index (χ4v) is 4.47.